The maximum Gasteiger partial charge on any atom is 0.308 e. The summed E-state index contributed by atoms with van der Waals surface area (Å²) in [5, 5.41) is 10.3. The molecule has 4 heteroatoms. The first kappa shape index (κ1) is 12.4. The summed E-state index contributed by atoms with van der Waals surface area (Å²) in [4.78, 5) is 11.3. The molecule has 0 radical (unpaired) electrons. The Morgan fingerprint density at radius 2 is 2.06 bits per heavy atom. The van der Waals surface area contributed by atoms with Gasteiger partial charge in [-0.2, -0.15) is 0 Å². The van der Waals surface area contributed by atoms with Crippen LogP contribution in [0.15, 0.2) is 24.3 Å². The number of esters is 1. The van der Waals surface area contributed by atoms with Crippen molar-refractivity contribution in [1.82, 2.24) is 0 Å². The van der Waals surface area contributed by atoms with Crippen LogP contribution in [0.5, 0.6) is 0 Å². The molecule has 3 unspecified atom stereocenters. The fraction of sp³-hybridized carbons (Fsp3) is 0.462. The third kappa shape index (κ3) is 2.99. The van der Waals surface area contributed by atoms with E-state index < -0.39 is 6.10 Å². The van der Waals surface area contributed by atoms with Crippen LogP contribution in [0.1, 0.15) is 31.2 Å². The molecule has 0 spiro atoms. The van der Waals surface area contributed by atoms with E-state index in [1.165, 1.54) is 0 Å². The number of ether oxygens (including phenoxy) is 1. The Labute approximate surface area is 105 Å². The summed E-state index contributed by atoms with van der Waals surface area (Å²) in [6.07, 6.45) is -0.247. The van der Waals surface area contributed by atoms with Crippen molar-refractivity contribution in [3.05, 3.63) is 34.9 Å². The largest absolute Gasteiger partial charge is 0.462 e. The van der Waals surface area contributed by atoms with Gasteiger partial charge >= 0.3 is 5.97 Å². The molecule has 1 aromatic rings. The molecule has 0 saturated carbocycles. The quantitative estimate of drug-likeness (QED) is 0.825. The molecule has 3 nitrogen and oxygen atoms in total. The number of halogens is 1. The Morgan fingerprint density at radius 3 is 2.65 bits per heavy atom. The van der Waals surface area contributed by atoms with E-state index in [1.54, 1.807) is 0 Å². The standard InChI is InChI=1S/C13H15ClO3/c1-8(9-2-4-10(14)5-3-9)12-6-11(15)7-13(16)17-12/h2-5,8,11-12,15H,6-7H2,1H3. The van der Waals surface area contributed by atoms with Crippen LogP contribution in [-0.4, -0.2) is 23.3 Å². The van der Waals surface area contributed by atoms with Gasteiger partial charge in [-0.05, 0) is 17.7 Å². The summed E-state index contributed by atoms with van der Waals surface area (Å²) in [6.45, 7) is 1.99. The van der Waals surface area contributed by atoms with Crippen LogP contribution >= 0.6 is 11.6 Å². The van der Waals surface area contributed by atoms with Gasteiger partial charge in [0.2, 0.25) is 0 Å². The van der Waals surface area contributed by atoms with Gasteiger partial charge in [-0.3, -0.25) is 4.79 Å². The number of carbonyl (C=O) groups is 1. The third-order valence-corrected chi connectivity index (χ3v) is 3.39. The van der Waals surface area contributed by atoms with Gasteiger partial charge in [-0.15, -0.1) is 0 Å². The molecule has 0 bridgehead atoms. The normalized spacial score (nSPS) is 26.4. The molecule has 0 aliphatic carbocycles. The predicted octanol–water partition coefficient (Wildman–Crippen LogP) is 2.51. The van der Waals surface area contributed by atoms with E-state index in [-0.39, 0.29) is 24.4 Å². The summed E-state index contributed by atoms with van der Waals surface area (Å²) in [5.74, 6) is -0.263. The predicted molar refractivity (Wildman–Crippen MR) is 65.0 cm³/mol. The van der Waals surface area contributed by atoms with Gasteiger partial charge in [0.1, 0.15) is 6.10 Å². The van der Waals surface area contributed by atoms with Crippen LogP contribution in [0.2, 0.25) is 5.02 Å². The van der Waals surface area contributed by atoms with Gasteiger partial charge in [-0.25, -0.2) is 0 Å². The molecule has 0 amide bonds. The molecule has 0 aromatic heterocycles. The summed E-state index contributed by atoms with van der Waals surface area (Å²) >= 11 is 5.82. The van der Waals surface area contributed by atoms with Gasteiger partial charge in [-0.1, -0.05) is 30.7 Å². The van der Waals surface area contributed by atoms with E-state index in [0.29, 0.717) is 11.4 Å². The number of aliphatic hydroxyl groups is 1. The van der Waals surface area contributed by atoms with Crippen molar-refractivity contribution in [2.24, 2.45) is 0 Å². The molecule has 1 aliphatic heterocycles. The van der Waals surface area contributed by atoms with Crippen molar-refractivity contribution in [3.63, 3.8) is 0 Å². The van der Waals surface area contributed by atoms with E-state index in [1.807, 2.05) is 31.2 Å². The lowest BCUT2D eigenvalue weighted by atomic mass is 9.90. The highest BCUT2D eigenvalue weighted by Gasteiger charge is 2.31. The van der Waals surface area contributed by atoms with E-state index >= 15 is 0 Å². The van der Waals surface area contributed by atoms with Gasteiger partial charge in [0.15, 0.2) is 0 Å². The number of hydrogen-bond acceptors (Lipinski definition) is 3. The minimum absolute atomic E-state index is 0.0613. The first-order valence-electron chi connectivity index (χ1n) is 5.69. The Balaban J connectivity index is 2.11. The second-order valence-electron chi connectivity index (χ2n) is 4.46. The fourth-order valence-corrected chi connectivity index (χ4v) is 2.22. The monoisotopic (exact) mass is 254 g/mol. The van der Waals surface area contributed by atoms with Crippen LogP contribution in [0.4, 0.5) is 0 Å². The van der Waals surface area contributed by atoms with E-state index in [2.05, 4.69) is 0 Å². The number of carbonyl (C=O) groups excluding carboxylic acids is 1. The maximum atomic E-state index is 11.3. The minimum atomic E-state index is -0.587. The Hall–Kier alpha value is -1.06. The maximum absolute atomic E-state index is 11.3. The van der Waals surface area contributed by atoms with Crippen molar-refractivity contribution >= 4 is 17.6 Å². The number of cyclic esters (lactones) is 1. The van der Waals surface area contributed by atoms with Crippen molar-refractivity contribution in [3.8, 4) is 0 Å². The van der Waals surface area contributed by atoms with Crippen LogP contribution in [0.25, 0.3) is 0 Å². The molecule has 1 heterocycles. The molecule has 1 aliphatic rings. The lowest BCUT2D eigenvalue weighted by Gasteiger charge is -2.30. The van der Waals surface area contributed by atoms with Crippen LogP contribution in [0.3, 0.4) is 0 Å². The van der Waals surface area contributed by atoms with Crippen molar-refractivity contribution < 1.29 is 14.6 Å². The van der Waals surface area contributed by atoms with Gasteiger partial charge < -0.3 is 9.84 Å². The van der Waals surface area contributed by atoms with Gasteiger partial charge in [0, 0.05) is 17.4 Å². The zero-order chi connectivity index (χ0) is 12.4. The van der Waals surface area contributed by atoms with Crippen LogP contribution in [0, 0.1) is 0 Å². The summed E-state index contributed by atoms with van der Waals surface area (Å²) < 4.78 is 5.27. The lowest BCUT2D eigenvalue weighted by molar-refractivity contribution is -0.161. The molecule has 1 aromatic carbocycles. The number of hydrogen-bond donors (Lipinski definition) is 1. The molecule has 3 atom stereocenters. The molecule has 1 N–H and O–H groups in total. The zero-order valence-electron chi connectivity index (χ0n) is 9.60. The van der Waals surface area contributed by atoms with Crippen molar-refractivity contribution in [2.75, 3.05) is 0 Å². The first-order chi connectivity index (χ1) is 8.06. The van der Waals surface area contributed by atoms with E-state index in [4.69, 9.17) is 16.3 Å². The average Bonchev–Trinajstić information content (AvgIpc) is 2.28. The minimum Gasteiger partial charge on any atom is -0.462 e. The van der Waals surface area contributed by atoms with Crippen molar-refractivity contribution in [1.29, 1.82) is 0 Å². The lowest BCUT2D eigenvalue weighted by Crippen LogP contribution is -2.35. The fourth-order valence-electron chi connectivity index (χ4n) is 2.10. The van der Waals surface area contributed by atoms with Crippen LogP contribution in [-0.2, 0) is 9.53 Å². The smallest absolute Gasteiger partial charge is 0.308 e. The molecule has 17 heavy (non-hydrogen) atoms. The van der Waals surface area contributed by atoms with Crippen LogP contribution < -0.4 is 0 Å². The highest BCUT2D eigenvalue weighted by Crippen LogP contribution is 2.29. The number of benzene rings is 1. The Bertz CT molecular complexity index is 402. The molecule has 1 saturated heterocycles. The Morgan fingerprint density at radius 1 is 1.41 bits per heavy atom. The zero-order valence-corrected chi connectivity index (χ0v) is 10.4. The molecule has 92 valence electrons. The summed E-state index contributed by atoms with van der Waals surface area (Å²) in [6, 6.07) is 7.46. The first-order valence-corrected chi connectivity index (χ1v) is 6.07. The van der Waals surface area contributed by atoms with Gasteiger partial charge in [0.25, 0.3) is 0 Å². The average molecular weight is 255 g/mol. The topological polar surface area (TPSA) is 46.5 Å². The molecular formula is C13H15ClO3. The molecule has 2 rings (SSSR count). The van der Waals surface area contributed by atoms with Crippen molar-refractivity contribution in [2.45, 2.75) is 37.9 Å². The summed E-state index contributed by atoms with van der Waals surface area (Å²) in [7, 11) is 0. The third-order valence-electron chi connectivity index (χ3n) is 3.14. The number of rotatable bonds is 2. The van der Waals surface area contributed by atoms with E-state index in [0.717, 1.165) is 5.56 Å². The highest BCUT2D eigenvalue weighted by atomic mass is 35.5. The van der Waals surface area contributed by atoms with Gasteiger partial charge in [0.05, 0.1) is 12.5 Å². The summed E-state index contributed by atoms with van der Waals surface area (Å²) in [5.41, 5.74) is 1.06. The SMILES string of the molecule is CC(c1ccc(Cl)cc1)C1CC(O)CC(=O)O1. The second kappa shape index (κ2) is 5.07. The molecular weight excluding hydrogens is 240 g/mol. The number of aliphatic hydroxyl groups excluding tert-OH is 1. The molecule has 1 fully saturated rings. The Kier molecular flexibility index (Phi) is 3.69. The second-order valence-corrected chi connectivity index (χ2v) is 4.90. The van der Waals surface area contributed by atoms with E-state index in [9.17, 15) is 9.90 Å². The highest BCUT2D eigenvalue weighted by molar-refractivity contribution is 6.30.